The topological polar surface area (TPSA) is 38.3 Å². The minimum atomic E-state index is 0.0865. The van der Waals surface area contributed by atoms with Crippen LogP contribution in [0.4, 0.5) is 5.69 Å². The molecular weight excluding hydrogens is 358 g/mol. The van der Waals surface area contributed by atoms with E-state index < -0.39 is 0 Å². The van der Waals surface area contributed by atoms with E-state index in [0.29, 0.717) is 13.2 Å². The smallest absolute Gasteiger partial charge is 0.159 e. The standard InChI is InChI=1S/C26H23NO2/c1-19(28)22-10-11-24-16-25(13-12-23(24)15-22)27-17-21-8-5-9-26(14-21)29-18-20-6-3-2-4-7-20/h2-16,27H,17-18H2,1H3. The van der Waals surface area contributed by atoms with Gasteiger partial charge < -0.3 is 10.1 Å². The molecule has 0 aliphatic heterocycles. The molecule has 1 N–H and O–H groups in total. The molecule has 3 nitrogen and oxygen atoms in total. The molecule has 29 heavy (non-hydrogen) atoms. The number of hydrogen-bond acceptors (Lipinski definition) is 3. The molecule has 144 valence electrons. The van der Waals surface area contributed by atoms with Crippen molar-refractivity contribution in [3.05, 3.63) is 108 Å². The van der Waals surface area contributed by atoms with Gasteiger partial charge in [-0.25, -0.2) is 0 Å². The van der Waals surface area contributed by atoms with Gasteiger partial charge in [-0.2, -0.15) is 0 Å². The Morgan fingerprint density at radius 1 is 0.793 bits per heavy atom. The molecule has 0 aromatic heterocycles. The number of anilines is 1. The number of carbonyl (C=O) groups is 1. The first kappa shape index (κ1) is 18.8. The number of rotatable bonds is 7. The second-order valence-corrected chi connectivity index (χ2v) is 7.11. The Balaban J connectivity index is 1.40. The maximum Gasteiger partial charge on any atom is 0.159 e. The summed E-state index contributed by atoms with van der Waals surface area (Å²) in [5, 5.41) is 5.65. The molecule has 0 atom stereocenters. The Hall–Kier alpha value is -3.59. The molecule has 0 saturated carbocycles. The van der Waals surface area contributed by atoms with E-state index in [1.165, 1.54) is 0 Å². The Morgan fingerprint density at radius 3 is 2.38 bits per heavy atom. The highest BCUT2D eigenvalue weighted by molar-refractivity contribution is 5.99. The predicted octanol–water partition coefficient (Wildman–Crippen LogP) is 6.23. The van der Waals surface area contributed by atoms with Crippen LogP contribution in [0.1, 0.15) is 28.4 Å². The summed E-state index contributed by atoms with van der Waals surface area (Å²) in [5.41, 5.74) is 4.09. The number of hydrogen-bond donors (Lipinski definition) is 1. The van der Waals surface area contributed by atoms with Crippen LogP contribution in [0.2, 0.25) is 0 Å². The lowest BCUT2D eigenvalue weighted by atomic mass is 10.0. The van der Waals surface area contributed by atoms with Gasteiger partial charge in [0, 0.05) is 17.8 Å². The molecule has 0 heterocycles. The van der Waals surface area contributed by atoms with E-state index in [-0.39, 0.29) is 5.78 Å². The van der Waals surface area contributed by atoms with Gasteiger partial charge in [0.2, 0.25) is 0 Å². The first-order valence-corrected chi connectivity index (χ1v) is 9.72. The van der Waals surface area contributed by atoms with Crippen molar-refractivity contribution in [2.45, 2.75) is 20.1 Å². The number of ether oxygens (including phenoxy) is 1. The molecule has 0 aliphatic carbocycles. The van der Waals surface area contributed by atoms with Crippen LogP contribution in [0, 0.1) is 0 Å². The quantitative estimate of drug-likeness (QED) is 0.385. The average Bonchev–Trinajstić information content (AvgIpc) is 2.77. The van der Waals surface area contributed by atoms with Gasteiger partial charge in [0.05, 0.1) is 0 Å². The van der Waals surface area contributed by atoms with E-state index >= 15 is 0 Å². The van der Waals surface area contributed by atoms with Crippen molar-refractivity contribution in [1.29, 1.82) is 0 Å². The Labute approximate surface area is 171 Å². The van der Waals surface area contributed by atoms with E-state index in [0.717, 1.165) is 38.9 Å². The number of benzene rings is 4. The predicted molar refractivity (Wildman–Crippen MR) is 118 cm³/mol. The fourth-order valence-electron chi connectivity index (χ4n) is 3.26. The average molecular weight is 381 g/mol. The lowest BCUT2D eigenvalue weighted by molar-refractivity contribution is 0.101. The summed E-state index contributed by atoms with van der Waals surface area (Å²) in [5.74, 6) is 0.951. The summed E-state index contributed by atoms with van der Waals surface area (Å²) in [4.78, 5) is 11.5. The van der Waals surface area contributed by atoms with Crippen LogP contribution >= 0.6 is 0 Å². The number of ketones is 1. The van der Waals surface area contributed by atoms with Gasteiger partial charge in [-0.3, -0.25) is 4.79 Å². The molecule has 3 heteroatoms. The van der Waals surface area contributed by atoms with Crippen LogP contribution in [-0.2, 0) is 13.2 Å². The number of fused-ring (bicyclic) bond motifs is 1. The van der Waals surface area contributed by atoms with Crippen molar-refractivity contribution >= 4 is 22.2 Å². The normalized spacial score (nSPS) is 10.7. The molecule has 0 bridgehead atoms. The van der Waals surface area contributed by atoms with Gasteiger partial charge in [-0.15, -0.1) is 0 Å². The maximum absolute atomic E-state index is 11.5. The molecule has 0 spiro atoms. The summed E-state index contributed by atoms with van der Waals surface area (Å²) >= 11 is 0. The first-order chi connectivity index (χ1) is 14.2. The van der Waals surface area contributed by atoms with Gasteiger partial charge >= 0.3 is 0 Å². The number of nitrogens with one attached hydrogen (secondary N) is 1. The molecule has 0 radical (unpaired) electrons. The summed E-state index contributed by atoms with van der Waals surface area (Å²) < 4.78 is 5.92. The lowest BCUT2D eigenvalue weighted by Crippen LogP contribution is -2.00. The van der Waals surface area contributed by atoms with Crippen molar-refractivity contribution in [3.63, 3.8) is 0 Å². The SMILES string of the molecule is CC(=O)c1ccc2cc(NCc3cccc(OCc4ccccc4)c3)ccc2c1. The second kappa shape index (κ2) is 8.61. The molecule has 0 saturated heterocycles. The third-order valence-electron chi connectivity index (χ3n) is 4.89. The van der Waals surface area contributed by atoms with E-state index in [2.05, 4.69) is 35.6 Å². The van der Waals surface area contributed by atoms with Crippen molar-refractivity contribution in [1.82, 2.24) is 0 Å². The number of Topliss-reactive ketones (excluding diaryl/α,β-unsaturated/α-hetero) is 1. The van der Waals surface area contributed by atoms with Crippen LogP contribution in [0.15, 0.2) is 91.0 Å². The summed E-state index contributed by atoms with van der Waals surface area (Å²) in [7, 11) is 0. The molecule has 4 aromatic rings. The zero-order valence-corrected chi connectivity index (χ0v) is 16.4. The Bertz CT molecular complexity index is 1140. The van der Waals surface area contributed by atoms with Crippen molar-refractivity contribution in [2.24, 2.45) is 0 Å². The highest BCUT2D eigenvalue weighted by Gasteiger charge is 2.03. The third-order valence-corrected chi connectivity index (χ3v) is 4.89. The van der Waals surface area contributed by atoms with E-state index in [1.54, 1.807) is 6.92 Å². The Kier molecular flexibility index (Phi) is 5.57. The molecule has 0 unspecified atom stereocenters. The molecule has 0 aliphatic rings. The van der Waals surface area contributed by atoms with E-state index in [1.807, 2.05) is 60.7 Å². The van der Waals surface area contributed by atoms with Crippen LogP contribution < -0.4 is 10.1 Å². The van der Waals surface area contributed by atoms with E-state index in [9.17, 15) is 4.79 Å². The highest BCUT2D eigenvalue weighted by atomic mass is 16.5. The third kappa shape index (κ3) is 4.82. The van der Waals surface area contributed by atoms with Gasteiger partial charge in [-0.05, 0) is 59.2 Å². The summed E-state index contributed by atoms with van der Waals surface area (Å²) in [6, 6.07) is 30.3. The molecule has 0 amide bonds. The van der Waals surface area contributed by atoms with Crippen LogP contribution in [0.3, 0.4) is 0 Å². The van der Waals surface area contributed by atoms with Crippen LogP contribution in [0.25, 0.3) is 10.8 Å². The minimum absolute atomic E-state index is 0.0865. The second-order valence-electron chi connectivity index (χ2n) is 7.11. The largest absolute Gasteiger partial charge is 0.489 e. The lowest BCUT2D eigenvalue weighted by Gasteiger charge is -2.11. The molecule has 4 rings (SSSR count). The van der Waals surface area contributed by atoms with Gasteiger partial charge in [0.15, 0.2) is 5.78 Å². The van der Waals surface area contributed by atoms with Crippen LogP contribution in [0.5, 0.6) is 5.75 Å². The van der Waals surface area contributed by atoms with Crippen LogP contribution in [-0.4, -0.2) is 5.78 Å². The molecular formula is C26H23NO2. The van der Waals surface area contributed by atoms with Gasteiger partial charge in [0.1, 0.15) is 12.4 Å². The summed E-state index contributed by atoms with van der Waals surface area (Å²) in [6.45, 7) is 2.86. The van der Waals surface area contributed by atoms with Crippen molar-refractivity contribution in [3.8, 4) is 5.75 Å². The first-order valence-electron chi connectivity index (χ1n) is 9.72. The monoisotopic (exact) mass is 381 g/mol. The van der Waals surface area contributed by atoms with Crippen molar-refractivity contribution < 1.29 is 9.53 Å². The minimum Gasteiger partial charge on any atom is -0.489 e. The highest BCUT2D eigenvalue weighted by Crippen LogP contribution is 2.22. The molecule has 4 aromatic carbocycles. The maximum atomic E-state index is 11.5. The molecule has 0 fully saturated rings. The zero-order valence-electron chi connectivity index (χ0n) is 16.4. The summed E-state index contributed by atoms with van der Waals surface area (Å²) in [6.07, 6.45) is 0. The zero-order chi connectivity index (χ0) is 20.1. The number of carbonyl (C=O) groups excluding carboxylic acids is 1. The fourth-order valence-corrected chi connectivity index (χ4v) is 3.26. The van der Waals surface area contributed by atoms with Gasteiger partial charge in [0.25, 0.3) is 0 Å². The fraction of sp³-hybridized carbons (Fsp3) is 0.115. The van der Waals surface area contributed by atoms with Gasteiger partial charge in [-0.1, -0.05) is 60.7 Å². The van der Waals surface area contributed by atoms with Crippen molar-refractivity contribution in [2.75, 3.05) is 5.32 Å². The van der Waals surface area contributed by atoms with E-state index in [4.69, 9.17) is 4.74 Å². The Morgan fingerprint density at radius 2 is 1.55 bits per heavy atom.